The Morgan fingerprint density at radius 3 is 2.81 bits per heavy atom. The normalized spacial score (nSPS) is 14.3. The van der Waals surface area contributed by atoms with Gasteiger partial charge in [-0.15, -0.1) is 0 Å². The molecule has 2 rings (SSSR count). The van der Waals surface area contributed by atoms with Crippen LogP contribution in [0.15, 0.2) is 24.3 Å². The Hall–Kier alpha value is -1.60. The molecule has 0 spiro atoms. The van der Waals surface area contributed by atoms with E-state index in [1.54, 1.807) is 4.90 Å². The second-order valence-corrected chi connectivity index (χ2v) is 7.29. The first-order valence-electron chi connectivity index (χ1n) is 6.94. The zero-order chi connectivity index (χ0) is 15.5. The summed E-state index contributed by atoms with van der Waals surface area (Å²) in [5, 5.41) is 2.84. The molecule has 0 radical (unpaired) electrons. The number of rotatable bonds is 5. The number of nitrogens with zero attached hydrogens (tertiary/aromatic N) is 2. The molecule has 0 saturated carbocycles. The molecule has 1 heterocycles. The van der Waals surface area contributed by atoms with Crippen LogP contribution in [0.3, 0.4) is 0 Å². The van der Waals surface area contributed by atoms with Gasteiger partial charge in [0.15, 0.2) is 0 Å². The maximum Gasteiger partial charge on any atom is 0.321 e. The highest BCUT2D eigenvalue weighted by molar-refractivity contribution is 7.88. The predicted octanol–water partition coefficient (Wildman–Crippen LogP) is 1.04. The third-order valence-corrected chi connectivity index (χ3v) is 4.94. The summed E-state index contributed by atoms with van der Waals surface area (Å²) in [7, 11) is -1.61. The molecule has 116 valence electrons. The lowest BCUT2D eigenvalue weighted by Gasteiger charge is -2.19. The third-order valence-electron chi connectivity index (χ3n) is 3.62. The van der Waals surface area contributed by atoms with Crippen molar-refractivity contribution >= 4 is 21.7 Å². The quantitative estimate of drug-likeness (QED) is 0.826. The van der Waals surface area contributed by atoms with E-state index < -0.39 is 10.0 Å². The Bertz CT molecular complexity index is 616. The maximum atomic E-state index is 12.1. The van der Waals surface area contributed by atoms with Gasteiger partial charge in [-0.05, 0) is 24.5 Å². The highest BCUT2D eigenvalue weighted by atomic mass is 32.2. The summed E-state index contributed by atoms with van der Waals surface area (Å²) in [6, 6.07) is 7.75. The summed E-state index contributed by atoms with van der Waals surface area (Å²) in [5.74, 6) is 0. The predicted molar refractivity (Wildman–Crippen MR) is 83.0 cm³/mol. The van der Waals surface area contributed by atoms with Crippen LogP contribution in [0.25, 0.3) is 0 Å². The van der Waals surface area contributed by atoms with Gasteiger partial charge in [0.25, 0.3) is 0 Å². The zero-order valence-corrected chi connectivity index (χ0v) is 13.2. The summed E-state index contributed by atoms with van der Waals surface area (Å²) in [6.45, 7) is 1.54. The van der Waals surface area contributed by atoms with Gasteiger partial charge in [-0.25, -0.2) is 17.5 Å². The first-order chi connectivity index (χ1) is 9.89. The molecule has 1 N–H and O–H groups in total. The Morgan fingerprint density at radius 1 is 1.38 bits per heavy atom. The lowest BCUT2D eigenvalue weighted by molar-refractivity contribution is 0.246. The summed E-state index contributed by atoms with van der Waals surface area (Å²) >= 11 is 0. The number of fused-ring (bicyclic) bond motifs is 1. The van der Waals surface area contributed by atoms with Gasteiger partial charge in [0.2, 0.25) is 10.0 Å². The molecule has 0 fully saturated rings. The van der Waals surface area contributed by atoms with Crippen LogP contribution in [0, 0.1) is 0 Å². The van der Waals surface area contributed by atoms with Crippen LogP contribution in [0.2, 0.25) is 0 Å². The summed E-state index contributed by atoms with van der Waals surface area (Å²) in [6.07, 6.45) is 2.64. The molecule has 1 aliphatic rings. The molecular formula is C14H21N3O3S. The van der Waals surface area contributed by atoms with Gasteiger partial charge in [-0.1, -0.05) is 18.2 Å². The van der Waals surface area contributed by atoms with Gasteiger partial charge in [-0.3, -0.25) is 4.90 Å². The molecule has 1 aromatic carbocycles. The van der Waals surface area contributed by atoms with E-state index in [0.29, 0.717) is 26.1 Å². The van der Waals surface area contributed by atoms with Gasteiger partial charge in [-0.2, -0.15) is 0 Å². The van der Waals surface area contributed by atoms with E-state index in [9.17, 15) is 13.2 Å². The van der Waals surface area contributed by atoms with Crippen LogP contribution in [-0.4, -0.2) is 51.7 Å². The Kier molecular flexibility index (Phi) is 4.84. The fourth-order valence-corrected chi connectivity index (χ4v) is 2.77. The second-order valence-electron chi connectivity index (χ2n) is 5.20. The number of carbonyl (C=O) groups excluding carboxylic acids is 1. The molecule has 1 aromatic rings. The van der Waals surface area contributed by atoms with Gasteiger partial charge >= 0.3 is 6.03 Å². The van der Waals surface area contributed by atoms with Crippen LogP contribution in [0.4, 0.5) is 10.5 Å². The number of sulfonamides is 1. The molecule has 0 aromatic heterocycles. The molecule has 21 heavy (non-hydrogen) atoms. The number of benzene rings is 1. The number of hydrogen-bond acceptors (Lipinski definition) is 3. The van der Waals surface area contributed by atoms with Crippen molar-refractivity contribution < 1.29 is 13.2 Å². The zero-order valence-electron chi connectivity index (χ0n) is 12.4. The monoisotopic (exact) mass is 311 g/mol. The van der Waals surface area contributed by atoms with Crippen molar-refractivity contribution in [3.05, 3.63) is 29.8 Å². The van der Waals surface area contributed by atoms with Crippen molar-refractivity contribution in [3.8, 4) is 0 Å². The topological polar surface area (TPSA) is 69.7 Å². The van der Waals surface area contributed by atoms with E-state index >= 15 is 0 Å². The van der Waals surface area contributed by atoms with Gasteiger partial charge in [0, 0.05) is 32.4 Å². The number of carbonyl (C=O) groups is 1. The molecule has 0 bridgehead atoms. The van der Waals surface area contributed by atoms with E-state index in [-0.39, 0.29) is 6.03 Å². The minimum absolute atomic E-state index is 0.123. The first kappa shape index (κ1) is 15.8. The highest BCUT2D eigenvalue weighted by Crippen LogP contribution is 2.27. The van der Waals surface area contributed by atoms with Crippen molar-refractivity contribution in [2.24, 2.45) is 0 Å². The van der Waals surface area contributed by atoms with Gasteiger partial charge in [0.05, 0.1) is 6.26 Å². The lowest BCUT2D eigenvalue weighted by atomic mass is 10.2. The molecule has 6 nitrogen and oxygen atoms in total. The molecular weight excluding hydrogens is 290 g/mol. The molecule has 0 unspecified atom stereocenters. The number of amides is 2. The van der Waals surface area contributed by atoms with Crippen LogP contribution < -0.4 is 10.2 Å². The van der Waals surface area contributed by atoms with E-state index in [1.165, 1.54) is 23.2 Å². The van der Waals surface area contributed by atoms with Crippen molar-refractivity contribution in [2.45, 2.75) is 12.8 Å². The van der Waals surface area contributed by atoms with Gasteiger partial charge < -0.3 is 5.32 Å². The van der Waals surface area contributed by atoms with Crippen LogP contribution in [0.1, 0.15) is 12.0 Å². The average molecular weight is 311 g/mol. The van der Waals surface area contributed by atoms with E-state index in [1.807, 2.05) is 24.3 Å². The fourth-order valence-electron chi connectivity index (χ4n) is 2.31. The molecule has 0 saturated heterocycles. The average Bonchev–Trinajstić information content (AvgIpc) is 2.86. The van der Waals surface area contributed by atoms with Crippen molar-refractivity contribution in [1.29, 1.82) is 0 Å². The minimum atomic E-state index is -3.15. The molecule has 0 aliphatic carbocycles. The molecule has 0 atom stereocenters. The van der Waals surface area contributed by atoms with Gasteiger partial charge in [0.1, 0.15) is 0 Å². The Labute approximate surface area is 125 Å². The minimum Gasteiger partial charge on any atom is -0.338 e. The third kappa shape index (κ3) is 3.95. The lowest BCUT2D eigenvalue weighted by Crippen LogP contribution is -2.40. The molecule has 2 amide bonds. The highest BCUT2D eigenvalue weighted by Gasteiger charge is 2.23. The number of para-hydroxylation sites is 1. The standard InChI is InChI=1S/C14H21N3O3S/c1-16(21(2,19)20)10-5-9-15-14(18)17-11-8-12-6-3-4-7-13(12)17/h3-4,6-7H,5,8-11H2,1-2H3,(H,15,18). The van der Waals surface area contributed by atoms with Crippen molar-refractivity contribution in [1.82, 2.24) is 9.62 Å². The first-order valence-corrected chi connectivity index (χ1v) is 8.79. The number of urea groups is 1. The maximum absolute atomic E-state index is 12.1. The molecule has 7 heteroatoms. The van der Waals surface area contributed by atoms with Crippen LogP contribution >= 0.6 is 0 Å². The largest absolute Gasteiger partial charge is 0.338 e. The molecule has 1 aliphatic heterocycles. The smallest absolute Gasteiger partial charge is 0.321 e. The van der Waals surface area contributed by atoms with Crippen molar-refractivity contribution in [2.75, 3.05) is 37.8 Å². The Morgan fingerprint density at radius 2 is 2.10 bits per heavy atom. The van der Waals surface area contributed by atoms with E-state index in [0.717, 1.165) is 12.1 Å². The van der Waals surface area contributed by atoms with Crippen LogP contribution in [-0.2, 0) is 16.4 Å². The van der Waals surface area contributed by atoms with Crippen molar-refractivity contribution in [3.63, 3.8) is 0 Å². The second kappa shape index (κ2) is 6.44. The van der Waals surface area contributed by atoms with E-state index in [4.69, 9.17) is 0 Å². The SMILES string of the molecule is CN(CCCNC(=O)N1CCc2ccccc21)S(C)(=O)=O. The summed E-state index contributed by atoms with van der Waals surface area (Å²) in [5.41, 5.74) is 2.15. The fraction of sp³-hybridized carbons (Fsp3) is 0.500. The number of nitrogens with one attached hydrogen (secondary N) is 1. The summed E-state index contributed by atoms with van der Waals surface area (Å²) < 4.78 is 23.8. The number of hydrogen-bond donors (Lipinski definition) is 1. The summed E-state index contributed by atoms with van der Waals surface area (Å²) in [4.78, 5) is 13.9. The van der Waals surface area contributed by atoms with Crippen LogP contribution in [0.5, 0.6) is 0 Å². The van der Waals surface area contributed by atoms with E-state index in [2.05, 4.69) is 5.32 Å². The Balaban J connectivity index is 1.79. The number of anilines is 1.